The molecule has 1 aromatic heterocycles. The molecule has 0 aliphatic rings. The molecule has 0 saturated carbocycles. The first-order chi connectivity index (χ1) is 2.89. The molecule has 0 fully saturated rings. The van der Waals surface area contributed by atoms with Crippen LogP contribution in [-0.4, -0.2) is 0 Å². The van der Waals surface area contributed by atoms with Crippen molar-refractivity contribution < 1.29 is 23.3 Å². The Kier molecular flexibility index (Phi) is 2.90. The third-order valence-electron chi connectivity index (χ3n) is 0.599. The minimum atomic E-state index is 0. The fraction of sp³-hybridized carbons (Fsp3) is 0.200. The Morgan fingerprint density at radius 1 is 1.71 bits per heavy atom. The summed E-state index contributed by atoms with van der Waals surface area (Å²) in [4.78, 5) is 0. The summed E-state index contributed by atoms with van der Waals surface area (Å²) >= 11 is 0. The van der Waals surface area contributed by atoms with E-state index in [4.69, 9.17) is 0 Å². The molecule has 0 amide bonds. The Labute approximate surface area is 54.9 Å². The van der Waals surface area contributed by atoms with Crippen LogP contribution in [0.2, 0.25) is 0 Å². The molecule has 0 aliphatic heterocycles. The number of hydrogen-bond donors (Lipinski definition) is 0. The second-order valence-corrected chi connectivity index (χ2v) is 1.24. The zero-order valence-corrected chi connectivity index (χ0v) is 4.56. The van der Waals surface area contributed by atoms with Crippen LogP contribution in [0.3, 0.4) is 0 Å². The van der Waals surface area contributed by atoms with Gasteiger partial charge in [0.25, 0.3) is 0 Å². The van der Waals surface area contributed by atoms with Gasteiger partial charge in [0.2, 0.25) is 0 Å². The van der Waals surface area contributed by atoms with Crippen molar-refractivity contribution in [3.63, 3.8) is 0 Å². The summed E-state index contributed by atoms with van der Waals surface area (Å²) in [5, 5.41) is 0. The van der Waals surface area contributed by atoms with Gasteiger partial charge in [0.15, 0.2) is 0 Å². The van der Waals surface area contributed by atoms with E-state index in [1.54, 1.807) is 12.3 Å². The third-order valence-corrected chi connectivity index (χ3v) is 0.599. The number of hydrogen-bond acceptors (Lipinski definition) is 1. The minimum Gasteiger partial charge on any atom is -0.599 e. The Morgan fingerprint density at radius 3 is 2.57 bits per heavy atom. The number of aryl methyl sites for hydroxylation is 1. The standard InChI is InChI=1S/C5H5O.Li/c1-5-2-3-6-4-5;/h2,4H,1H3;/q-1;+1. The monoisotopic (exact) mass is 88.1 g/mol. The summed E-state index contributed by atoms with van der Waals surface area (Å²) in [5.41, 5.74) is 1.12. The topological polar surface area (TPSA) is 13.1 Å². The van der Waals surface area contributed by atoms with Crippen LogP contribution in [0, 0.1) is 13.2 Å². The van der Waals surface area contributed by atoms with Crippen LogP contribution >= 0.6 is 0 Å². The fourth-order valence-electron chi connectivity index (χ4n) is 0.288. The van der Waals surface area contributed by atoms with Gasteiger partial charge in [-0.15, -0.1) is 6.07 Å². The first-order valence-corrected chi connectivity index (χ1v) is 1.81. The first kappa shape index (κ1) is 6.88. The predicted molar refractivity (Wildman–Crippen MR) is 22.3 cm³/mol. The van der Waals surface area contributed by atoms with Gasteiger partial charge in [0.1, 0.15) is 0 Å². The van der Waals surface area contributed by atoms with Crippen molar-refractivity contribution in [3.8, 4) is 0 Å². The van der Waals surface area contributed by atoms with Crippen LogP contribution < -0.4 is 18.9 Å². The maximum absolute atomic E-state index is 4.59. The van der Waals surface area contributed by atoms with E-state index in [2.05, 4.69) is 10.7 Å². The average Bonchev–Trinajstić information content (AvgIpc) is 1.86. The molecule has 1 nitrogen and oxygen atoms in total. The van der Waals surface area contributed by atoms with Crippen molar-refractivity contribution >= 4 is 0 Å². The molecular weight excluding hydrogens is 83.0 g/mol. The minimum absolute atomic E-state index is 0. The van der Waals surface area contributed by atoms with Crippen molar-refractivity contribution in [2.24, 2.45) is 0 Å². The zero-order valence-electron chi connectivity index (χ0n) is 4.56. The van der Waals surface area contributed by atoms with Crippen LogP contribution in [0.4, 0.5) is 0 Å². The molecule has 0 bridgehead atoms. The van der Waals surface area contributed by atoms with Gasteiger partial charge < -0.3 is 4.42 Å². The maximum atomic E-state index is 4.59. The van der Waals surface area contributed by atoms with Gasteiger partial charge >= 0.3 is 18.9 Å². The van der Waals surface area contributed by atoms with Gasteiger partial charge in [-0.3, -0.25) is 0 Å². The van der Waals surface area contributed by atoms with E-state index in [0.29, 0.717) is 0 Å². The maximum Gasteiger partial charge on any atom is 1.00 e. The van der Waals surface area contributed by atoms with Crippen molar-refractivity contribution in [2.45, 2.75) is 6.92 Å². The first-order valence-electron chi connectivity index (χ1n) is 1.81. The molecule has 0 aliphatic carbocycles. The van der Waals surface area contributed by atoms with Gasteiger partial charge in [-0.2, -0.15) is 5.56 Å². The van der Waals surface area contributed by atoms with Crippen molar-refractivity contribution in [2.75, 3.05) is 0 Å². The van der Waals surface area contributed by atoms with Gasteiger partial charge in [-0.1, -0.05) is 13.2 Å². The largest absolute Gasteiger partial charge is 1.00 e. The van der Waals surface area contributed by atoms with Crippen LogP contribution in [0.1, 0.15) is 5.56 Å². The van der Waals surface area contributed by atoms with Gasteiger partial charge in [0, 0.05) is 0 Å². The van der Waals surface area contributed by atoms with E-state index in [1.807, 2.05) is 6.92 Å². The SMILES string of the molecule is Cc1c[c-]oc1.[Li+]. The summed E-state index contributed by atoms with van der Waals surface area (Å²) in [6.45, 7) is 1.96. The van der Waals surface area contributed by atoms with E-state index in [9.17, 15) is 0 Å². The molecule has 0 radical (unpaired) electrons. The van der Waals surface area contributed by atoms with E-state index < -0.39 is 0 Å². The molecule has 0 N–H and O–H groups in total. The van der Waals surface area contributed by atoms with E-state index in [0.717, 1.165) is 5.56 Å². The Morgan fingerprint density at radius 2 is 2.43 bits per heavy atom. The number of rotatable bonds is 0. The summed E-state index contributed by atoms with van der Waals surface area (Å²) in [6.07, 6.45) is 4.21. The zero-order chi connectivity index (χ0) is 4.41. The Balaban J connectivity index is 0.000000360. The van der Waals surface area contributed by atoms with Crippen LogP contribution in [0.25, 0.3) is 0 Å². The molecule has 0 aromatic carbocycles. The van der Waals surface area contributed by atoms with E-state index in [1.165, 1.54) is 0 Å². The summed E-state index contributed by atoms with van der Waals surface area (Å²) in [6, 6.07) is 1.79. The number of furan rings is 1. The van der Waals surface area contributed by atoms with Gasteiger partial charge in [-0.25, -0.2) is 0 Å². The average molecular weight is 88.0 g/mol. The van der Waals surface area contributed by atoms with Crippen molar-refractivity contribution in [3.05, 3.63) is 24.2 Å². The van der Waals surface area contributed by atoms with Gasteiger partial charge in [-0.05, 0) is 6.26 Å². The predicted octanol–water partition coefficient (Wildman–Crippen LogP) is -1.61. The Hall–Kier alpha value is -0.123. The van der Waals surface area contributed by atoms with Gasteiger partial charge in [0.05, 0.1) is 0 Å². The Bertz CT molecular complexity index is 112. The molecule has 0 saturated heterocycles. The molecule has 0 spiro atoms. The molecule has 2 heteroatoms. The molecule has 1 heterocycles. The molecule has 0 unspecified atom stereocenters. The quantitative estimate of drug-likeness (QED) is 0.275. The molecular formula is C5H5LiO. The normalized spacial score (nSPS) is 7.57. The molecule has 32 valence electrons. The van der Waals surface area contributed by atoms with E-state index in [-0.39, 0.29) is 18.9 Å². The summed E-state index contributed by atoms with van der Waals surface area (Å²) in [5.74, 6) is 0. The summed E-state index contributed by atoms with van der Waals surface area (Å²) < 4.78 is 4.59. The second kappa shape index (κ2) is 2.96. The smallest absolute Gasteiger partial charge is 0.599 e. The second-order valence-electron chi connectivity index (χ2n) is 1.24. The summed E-state index contributed by atoms with van der Waals surface area (Å²) in [7, 11) is 0. The van der Waals surface area contributed by atoms with Crippen molar-refractivity contribution in [1.82, 2.24) is 0 Å². The van der Waals surface area contributed by atoms with E-state index >= 15 is 0 Å². The molecule has 0 atom stereocenters. The molecule has 1 aromatic rings. The van der Waals surface area contributed by atoms with Crippen LogP contribution in [0.5, 0.6) is 0 Å². The van der Waals surface area contributed by atoms with Crippen LogP contribution in [-0.2, 0) is 0 Å². The molecule has 1 rings (SSSR count). The van der Waals surface area contributed by atoms with Crippen molar-refractivity contribution in [1.29, 1.82) is 0 Å². The fourth-order valence-corrected chi connectivity index (χ4v) is 0.288. The molecule has 7 heavy (non-hydrogen) atoms. The third kappa shape index (κ3) is 1.87. The van der Waals surface area contributed by atoms with Crippen LogP contribution in [0.15, 0.2) is 16.7 Å².